The SMILES string of the molecule is CC(=O)N[C@@H](Cc1cc(F)cc(OCc2ccccn2)c1)[C@H](O)[C@@H]1NCCN(Cc2ccccc2)C1=O.CC(=O)N[C@@H](Cc1cc(F)cc(OCc2ccccn2)c1)[C@H](O)[C@H]1C(=O)N(Cc2ccccc2)CCN1C(=O)OC(C)(C)C.CC(=O)N[C@@H](Cc1cc(O)cc(F)c1)[C@H](O)[C@H]1C(=O)N(Cc2ccccc2)CCN1C(=O)OC(C)(C)C.OCc1ccccn1. The number of nitrogens with one attached hydrogen (secondary N) is 4. The number of hydrogen-bond acceptors (Lipinski definition) is 21. The van der Waals surface area contributed by atoms with E-state index in [0.717, 1.165) is 28.8 Å². The number of aromatic nitrogens is 3. The highest BCUT2D eigenvalue weighted by atomic mass is 19.1. The molecule has 0 aliphatic carbocycles. The number of carbonyl (C=O) groups is 8. The number of hydrogen-bond donors (Lipinski definition) is 9. The summed E-state index contributed by atoms with van der Waals surface area (Å²) in [7, 11) is 0. The van der Waals surface area contributed by atoms with Gasteiger partial charge in [-0.3, -0.25) is 53.5 Å². The van der Waals surface area contributed by atoms with E-state index in [-0.39, 0.29) is 102 Å². The zero-order valence-electron chi connectivity index (χ0n) is 71.9. The Morgan fingerprint density at radius 3 is 1.11 bits per heavy atom. The Bertz CT molecular complexity index is 5010. The van der Waals surface area contributed by atoms with Gasteiger partial charge in [0.2, 0.25) is 35.4 Å². The first kappa shape index (κ1) is 96.9. The molecule has 0 saturated carbocycles. The van der Waals surface area contributed by atoms with Crippen LogP contribution in [0.25, 0.3) is 0 Å². The Hall–Kier alpha value is -12.9. The van der Waals surface area contributed by atoms with Crippen molar-refractivity contribution in [3.05, 3.63) is 287 Å². The Balaban J connectivity index is 0.000000205. The predicted molar refractivity (Wildman–Crippen MR) is 461 cm³/mol. The molecular weight excluding hydrogens is 1630 g/mol. The normalized spacial score (nSPS) is 16.7. The van der Waals surface area contributed by atoms with E-state index in [9.17, 15) is 72.0 Å². The average molecular weight is 1740 g/mol. The average Bonchev–Trinajstić information content (AvgIpc) is 0.782. The van der Waals surface area contributed by atoms with Gasteiger partial charge in [-0.25, -0.2) is 22.8 Å². The molecule has 32 heteroatoms. The summed E-state index contributed by atoms with van der Waals surface area (Å²) in [6, 6.07) is 49.7. The van der Waals surface area contributed by atoms with Crippen LogP contribution in [0.5, 0.6) is 17.2 Å². The number of ether oxygens (including phenoxy) is 4. The van der Waals surface area contributed by atoms with Gasteiger partial charge in [0, 0.05) is 116 Å². The Kier molecular flexibility index (Phi) is 36.0. The number of aliphatic hydroxyl groups excluding tert-OH is 4. The zero-order chi connectivity index (χ0) is 91.2. The molecule has 9 N–H and O–H groups in total. The van der Waals surface area contributed by atoms with Gasteiger partial charge in [0.15, 0.2) is 0 Å². The van der Waals surface area contributed by atoms with Gasteiger partial charge in [-0.05, 0) is 167 Å². The first-order valence-corrected chi connectivity index (χ1v) is 41.3. The minimum Gasteiger partial charge on any atom is -0.508 e. The lowest BCUT2D eigenvalue weighted by molar-refractivity contribution is -0.149. The van der Waals surface area contributed by atoms with Crippen molar-refractivity contribution in [1.29, 1.82) is 0 Å². The number of benzene rings is 6. The molecule has 126 heavy (non-hydrogen) atoms. The molecule has 0 unspecified atom stereocenters. The van der Waals surface area contributed by atoms with Gasteiger partial charge in [0.25, 0.3) is 0 Å². The number of phenols is 1. The lowest BCUT2D eigenvalue weighted by Crippen LogP contribution is -2.66. The maximum absolute atomic E-state index is 14.7. The van der Waals surface area contributed by atoms with E-state index in [0.29, 0.717) is 59.2 Å². The summed E-state index contributed by atoms with van der Waals surface area (Å²) >= 11 is 0. The van der Waals surface area contributed by atoms with Gasteiger partial charge < -0.3 is 80.4 Å². The second-order valence-corrected chi connectivity index (χ2v) is 32.5. The third kappa shape index (κ3) is 30.8. The molecular formula is C94H111F3N12O17. The van der Waals surface area contributed by atoms with E-state index in [1.165, 1.54) is 60.9 Å². The largest absolute Gasteiger partial charge is 0.508 e. The first-order valence-electron chi connectivity index (χ1n) is 41.3. The number of piperazine rings is 3. The number of halogens is 3. The van der Waals surface area contributed by atoms with Crippen LogP contribution in [0.4, 0.5) is 22.8 Å². The highest BCUT2D eigenvalue weighted by molar-refractivity contribution is 5.89. The lowest BCUT2D eigenvalue weighted by Gasteiger charge is -2.44. The molecule has 670 valence electrons. The molecule has 9 aromatic rings. The van der Waals surface area contributed by atoms with E-state index in [2.05, 4.69) is 36.2 Å². The summed E-state index contributed by atoms with van der Waals surface area (Å²) in [6.07, 6.45) is -1.00. The van der Waals surface area contributed by atoms with Crippen LogP contribution in [-0.4, -0.2) is 218 Å². The summed E-state index contributed by atoms with van der Waals surface area (Å²) < 4.78 is 65.6. The van der Waals surface area contributed by atoms with E-state index in [4.69, 9.17) is 24.1 Å². The van der Waals surface area contributed by atoms with Crippen LogP contribution >= 0.6 is 0 Å². The van der Waals surface area contributed by atoms with Crippen molar-refractivity contribution < 1.29 is 96.0 Å². The van der Waals surface area contributed by atoms with Crippen molar-refractivity contribution in [2.45, 2.75) is 187 Å². The van der Waals surface area contributed by atoms with Gasteiger partial charge in [-0.1, -0.05) is 109 Å². The summed E-state index contributed by atoms with van der Waals surface area (Å²) in [5.74, 6) is -4.13. The van der Waals surface area contributed by atoms with Gasteiger partial charge in [-0.2, -0.15) is 0 Å². The van der Waals surface area contributed by atoms with Gasteiger partial charge >= 0.3 is 12.2 Å². The number of rotatable bonds is 28. The number of amides is 8. The summed E-state index contributed by atoms with van der Waals surface area (Å²) in [6.45, 7) is 17.0. The topological polar surface area (TPSA) is 378 Å². The molecule has 3 fully saturated rings. The Morgan fingerprint density at radius 2 is 0.778 bits per heavy atom. The summed E-state index contributed by atoms with van der Waals surface area (Å²) in [5, 5.41) is 63.9. The Labute approximate surface area is 730 Å². The molecule has 29 nitrogen and oxygen atoms in total. The minimum absolute atomic E-state index is 0.0286. The quantitative estimate of drug-likeness (QED) is 0.0220. The van der Waals surface area contributed by atoms with E-state index in [1.54, 1.807) is 117 Å². The van der Waals surface area contributed by atoms with Crippen LogP contribution in [0.3, 0.4) is 0 Å². The van der Waals surface area contributed by atoms with E-state index in [1.807, 2.05) is 115 Å². The van der Waals surface area contributed by atoms with Crippen molar-refractivity contribution >= 4 is 47.6 Å². The fraction of sp³-hybridized carbons (Fsp3) is 0.372. The smallest absolute Gasteiger partial charge is 0.411 e. The van der Waals surface area contributed by atoms with Crippen molar-refractivity contribution in [2.24, 2.45) is 0 Å². The van der Waals surface area contributed by atoms with Gasteiger partial charge in [0.05, 0.1) is 47.9 Å². The fourth-order valence-electron chi connectivity index (χ4n) is 14.4. The van der Waals surface area contributed by atoms with Crippen LogP contribution in [0.2, 0.25) is 0 Å². The van der Waals surface area contributed by atoms with Crippen molar-refractivity contribution in [3.63, 3.8) is 0 Å². The van der Waals surface area contributed by atoms with Crippen molar-refractivity contribution in [3.8, 4) is 17.2 Å². The number of aliphatic hydroxyl groups is 4. The fourth-order valence-corrected chi connectivity index (χ4v) is 14.4. The van der Waals surface area contributed by atoms with Crippen LogP contribution in [-0.2, 0) is 97.0 Å². The molecule has 0 spiro atoms. The molecule has 0 bridgehead atoms. The van der Waals surface area contributed by atoms with Gasteiger partial charge in [0.1, 0.15) is 89.4 Å². The predicted octanol–water partition coefficient (Wildman–Crippen LogP) is 9.23. The molecule has 12 rings (SSSR count). The van der Waals surface area contributed by atoms with Crippen LogP contribution in [0.15, 0.2) is 219 Å². The lowest BCUT2D eigenvalue weighted by atomic mass is 9.93. The Morgan fingerprint density at radius 1 is 0.437 bits per heavy atom. The number of pyridine rings is 3. The minimum atomic E-state index is -1.56. The molecule has 3 saturated heterocycles. The first-order chi connectivity index (χ1) is 60.0. The second-order valence-electron chi connectivity index (χ2n) is 32.5. The molecule has 0 radical (unpaired) electrons. The highest BCUT2D eigenvalue weighted by Gasteiger charge is 2.49. The summed E-state index contributed by atoms with van der Waals surface area (Å²) in [4.78, 5) is 123. The number of aromatic hydroxyl groups is 1. The zero-order valence-corrected chi connectivity index (χ0v) is 71.9. The number of nitrogens with zero attached hydrogens (tertiary/aromatic N) is 8. The number of carbonyl (C=O) groups excluding carboxylic acids is 8. The maximum atomic E-state index is 14.7. The third-order valence-electron chi connectivity index (χ3n) is 19.9. The molecule has 3 aliphatic heterocycles. The molecule has 6 aromatic carbocycles. The van der Waals surface area contributed by atoms with Crippen molar-refractivity contribution in [2.75, 3.05) is 39.3 Å². The molecule has 8 amide bonds. The third-order valence-corrected chi connectivity index (χ3v) is 19.9. The van der Waals surface area contributed by atoms with Crippen LogP contribution in [0, 0.1) is 17.5 Å². The monoisotopic (exact) mass is 1740 g/mol. The van der Waals surface area contributed by atoms with E-state index < -0.39 is 119 Å². The molecule has 9 atom stereocenters. The highest BCUT2D eigenvalue weighted by Crippen LogP contribution is 2.30. The van der Waals surface area contributed by atoms with Crippen LogP contribution in [0.1, 0.15) is 113 Å². The number of phenolic OH excluding ortho intramolecular Hbond substituents is 1. The molecule has 3 aromatic heterocycles. The van der Waals surface area contributed by atoms with E-state index >= 15 is 0 Å². The maximum Gasteiger partial charge on any atom is 0.411 e. The van der Waals surface area contributed by atoms with Crippen molar-refractivity contribution in [1.82, 2.24) is 60.7 Å². The van der Waals surface area contributed by atoms with Crippen LogP contribution < -0.4 is 30.7 Å². The second kappa shape index (κ2) is 46.7. The standard InChI is InChI=1S/C33H39FN4O6.C28H31FN4O4.C27H34FN3O6.C6H7NO/c1-22(39)36-28(18-24-16-25(34)19-27(17-24)43-21-26-12-8-9-13-35-26)30(40)29-31(41)37(20-23-10-6-5-7-11-23)14-15-38(29)32(42)44-33(2,3)4;1-19(34)32-25(15-21-13-22(29)16-24(14-21)37-18-23-9-5-6-10-30-23)27(35)26-28(36)33(12-11-31-26)17-20-7-3-2-4-8-20;1-17(32)29-22(14-19-12-20(28)15-21(33)13-19)24(34)23-25(35)30(16-18-8-6-5-7-9-18)10-11-31(23)26(36)37-27(2,3)4;8-5-6-3-1-2-4-7-6/h5-13,16-17,19,28-30,40H,14-15,18,20-21H2,1-4H3,(H,36,39);2-10,13-14,16,25-27,31,35H,11-12,15,17-18H2,1H3,(H,32,34);5-9,12-13,15,22-24,33-34H,10-11,14,16H2,1-4H3,(H,29,32);1-4,8H,5H2/t28-,29-,30-;25-,26-,27-;22-,23-,24-;/m000./s1. The summed E-state index contributed by atoms with van der Waals surface area (Å²) in [5.41, 5.74) is 4.35. The molecule has 3 aliphatic rings. The van der Waals surface area contributed by atoms with Gasteiger partial charge in [-0.15, -0.1) is 0 Å². The molecule has 6 heterocycles.